The monoisotopic (exact) mass is 255 g/mol. The van der Waals surface area contributed by atoms with Gasteiger partial charge >= 0.3 is 0 Å². The Morgan fingerprint density at radius 2 is 2.12 bits per heavy atom. The minimum atomic E-state index is 0.739. The molecule has 17 heavy (non-hydrogen) atoms. The molecule has 1 aromatic heterocycles. The highest BCUT2D eigenvalue weighted by Crippen LogP contribution is 2.21. The quantitative estimate of drug-likeness (QED) is 0.873. The lowest BCUT2D eigenvalue weighted by Crippen LogP contribution is -2.41. The maximum atomic E-state index is 4.19. The van der Waals surface area contributed by atoms with Crippen LogP contribution in [0.4, 0.5) is 5.00 Å². The molecule has 0 aliphatic carbocycles. The molecule has 0 unspecified atom stereocenters. The summed E-state index contributed by atoms with van der Waals surface area (Å²) in [5, 5.41) is 8.44. The average molecular weight is 255 g/mol. The van der Waals surface area contributed by atoms with E-state index in [0.717, 1.165) is 36.4 Å². The first-order chi connectivity index (χ1) is 8.20. The van der Waals surface area contributed by atoms with Gasteiger partial charge in [-0.15, -0.1) is 5.10 Å². The van der Waals surface area contributed by atoms with Crippen LogP contribution in [0.25, 0.3) is 0 Å². The van der Waals surface area contributed by atoms with Gasteiger partial charge < -0.3 is 10.2 Å². The van der Waals surface area contributed by atoms with E-state index >= 15 is 0 Å². The Morgan fingerprint density at radius 1 is 1.41 bits per heavy atom. The van der Waals surface area contributed by atoms with Gasteiger partial charge in [0, 0.05) is 44.3 Å². The number of nitrogens with one attached hydrogen (secondary N) is 1. The Hall–Kier alpha value is -0.720. The van der Waals surface area contributed by atoms with Gasteiger partial charge in [-0.25, -0.2) is 0 Å². The summed E-state index contributed by atoms with van der Waals surface area (Å²) >= 11 is 1.44. The number of hydrogen-bond donors (Lipinski definition) is 1. The Bertz CT molecular complexity index is 343. The van der Waals surface area contributed by atoms with E-state index in [-0.39, 0.29) is 0 Å². The first-order valence-corrected chi connectivity index (χ1v) is 6.86. The highest BCUT2D eigenvalue weighted by atomic mass is 32.1. The second-order valence-corrected chi connectivity index (χ2v) is 5.52. The van der Waals surface area contributed by atoms with Gasteiger partial charge in [0.05, 0.1) is 0 Å². The van der Waals surface area contributed by atoms with E-state index in [2.05, 4.69) is 38.8 Å². The molecule has 6 heteroatoms. The SMILES string of the molecule is CNc1snnc1CN1CCC(N(C)C)CC1. The highest BCUT2D eigenvalue weighted by molar-refractivity contribution is 7.10. The van der Waals surface area contributed by atoms with E-state index in [4.69, 9.17) is 0 Å². The first-order valence-electron chi connectivity index (χ1n) is 6.08. The van der Waals surface area contributed by atoms with E-state index in [9.17, 15) is 0 Å². The van der Waals surface area contributed by atoms with Gasteiger partial charge in [-0.05, 0) is 26.9 Å². The summed E-state index contributed by atoms with van der Waals surface area (Å²) in [4.78, 5) is 4.80. The molecule has 0 saturated carbocycles. The molecule has 2 heterocycles. The van der Waals surface area contributed by atoms with Crippen molar-refractivity contribution in [2.24, 2.45) is 0 Å². The lowest BCUT2D eigenvalue weighted by atomic mass is 10.0. The summed E-state index contributed by atoms with van der Waals surface area (Å²) in [7, 11) is 6.27. The Kier molecular flexibility index (Phi) is 4.31. The topological polar surface area (TPSA) is 44.3 Å². The van der Waals surface area contributed by atoms with Crippen LogP contribution in [0.5, 0.6) is 0 Å². The molecule has 1 aromatic rings. The van der Waals surface area contributed by atoms with E-state index < -0.39 is 0 Å². The van der Waals surface area contributed by atoms with Crippen LogP contribution in [0.1, 0.15) is 18.5 Å². The molecule has 0 aromatic carbocycles. The Balaban J connectivity index is 1.86. The zero-order valence-corrected chi connectivity index (χ0v) is 11.6. The van der Waals surface area contributed by atoms with Crippen molar-refractivity contribution in [3.63, 3.8) is 0 Å². The van der Waals surface area contributed by atoms with Crippen molar-refractivity contribution in [3.8, 4) is 0 Å². The van der Waals surface area contributed by atoms with Gasteiger partial charge in [0.1, 0.15) is 10.7 Å². The average Bonchev–Trinajstić information content (AvgIpc) is 2.77. The standard InChI is InChI=1S/C11H21N5S/c1-12-11-10(13-14-17-11)8-16-6-4-9(5-7-16)15(2)3/h9,12H,4-8H2,1-3H3. The second kappa shape index (κ2) is 5.75. The van der Waals surface area contributed by atoms with Crippen LogP contribution in [0.15, 0.2) is 0 Å². The molecule has 0 amide bonds. The maximum absolute atomic E-state index is 4.19. The summed E-state index contributed by atoms with van der Waals surface area (Å²) in [6.07, 6.45) is 2.50. The minimum absolute atomic E-state index is 0.739. The summed E-state index contributed by atoms with van der Waals surface area (Å²) < 4.78 is 4.00. The highest BCUT2D eigenvalue weighted by Gasteiger charge is 2.21. The van der Waals surface area contributed by atoms with Crippen molar-refractivity contribution >= 4 is 16.5 Å². The molecule has 0 atom stereocenters. The van der Waals surface area contributed by atoms with Crippen LogP contribution < -0.4 is 5.32 Å². The van der Waals surface area contributed by atoms with Gasteiger partial charge in [-0.3, -0.25) is 4.90 Å². The van der Waals surface area contributed by atoms with Gasteiger partial charge in [-0.2, -0.15) is 0 Å². The predicted molar refractivity (Wildman–Crippen MR) is 71.4 cm³/mol. The van der Waals surface area contributed by atoms with Gasteiger partial charge in [-0.1, -0.05) is 4.49 Å². The van der Waals surface area contributed by atoms with Crippen molar-refractivity contribution in [3.05, 3.63) is 5.69 Å². The van der Waals surface area contributed by atoms with Crippen molar-refractivity contribution < 1.29 is 0 Å². The number of nitrogens with zero attached hydrogens (tertiary/aromatic N) is 4. The molecule has 1 N–H and O–H groups in total. The number of hydrogen-bond acceptors (Lipinski definition) is 6. The van der Waals surface area contributed by atoms with E-state index in [1.807, 2.05) is 7.05 Å². The summed E-state index contributed by atoms with van der Waals surface area (Å²) in [5.41, 5.74) is 1.08. The Labute approximate surface area is 107 Å². The zero-order valence-electron chi connectivity index (χ0n) is 10.8. The van der Waals surface area contributed by atoms with Crippen LogP contribution in [-0.2, 0) is 6.54 Å². The number of anilines is 1. The molecule has 0 bridgehead atoms. The van der Waals surface area contributed by atoms with Crippen LogP contribution in [-0.4, -0.2) is 59.7 Å². The van der Waals surface area contributed by atoms with Gasteiger partial charge in [0.15, 0.2) is 0 Å². The Morgan fingerprint density at radius 3 is 2.71 bits per heavy atom. The number of piperidine rings is 1. The lowest BCUT2D eigenvalue weighted by molar-refractivity contribution is 0.139. The molecule has 1 saturated heterocycles. The first kappa shape index (κ1) is 12.7. The third kappa shape index (κ3) is 3.14. The van der Waals surface area contributed by atoms with Crippen LogP contribution in [0.3, 0.4) is 0 Å². The molecule has 96 valence electrons. The third-order valence-corrected chi connectivity index (χ3v) is 4.23. The zero-order chi connectivity index (χ0) is 12.3. The van der Waals surface area contributed by atoms with Crippen LogP contribution >= 0.6 is 11.5 Å². The molecule has 5 nitrogen and oxygen atoms in total. The molecular formula is C11H21N5S. The van der Waals surface area contributed by atoms with Gasteiger partial charge in [0.25, 0.3) is 0 Å². The van der Waals surface area contributed by atoms with Crippen LogP contribution in [0, 0.1) is 0 Å². The molecule has 1 aliphatic rings. The van der Waals surface area contributed by atoms with Crippen molar-refractivity contribution in [1.29, 1.82) is 0 Å². The van der Waals surface area contributed by atoms with Gasteiger partial charge in [0.2, 0.25) is 0 Å². The normalized spacial score (nSPS) is 18.8. The maximum Gasteiger partial charge on any atom is 0.134 e. The fraction of sp³-hybridized carbons (Fsp3) is 0.818. The van der Waals surface area contributed by atoms with E-state index in [0.29, 0.717) is 0 Å². The number of likely N-dealkylation sites (tertiary alicyclic amines) is 1. The predicted octanol–water partition coefficient (Wildman–Crippen LogP) is 1.11. The summed E-state index contributed by atoms with van der Waals surface area (Å²) in [6.45, 7) is 3.24. The summed E-state index contributed by atoms with van der Waals surface area (Å²) in [5.74, 6) is 0. The van der Waals surface area contributed by atoms with E-state index in [1.54, 1.807) is 0 Å². The summed E-state index contributed by atoms with van der Waals surface area (Å²) in [6, 6.07) is 0.739. The third-order valence-electron chi connectivity index (χ3n) is 3.44. The van der Waals surface area contributed by atoms with Crippen molar-refractivity contribution in [2.45, 2.75) is 25.4 Å². The molecule has 1 aliphatic heterocycles. The number of rotatable bonds is 4. The minimum Gasteiger partial charge on any atom is -0.377 e. The fourth-order valence-electron chi connectivity index (χ4n) is 2.31. The smallest absolute Gasteiger partial charge is 0.134 e. The molecule has 1 fully saturated rings. The second-order valence-electron chi connectivity index (χ2n) is 4.77. The molecular weight excluding hydrogens is 234 g/mol. The number of aromatic nitrogens is 2. The van der Waals surface area contributed by atoms with Crippen molar-refractivity contribution in [2.75, 3.05) is 39.5 Å². The lowest BCUT2D eigenvalue weighted by Gasteiger charge is -2.34. The largest absolute Gasteiger partial charge is 0.377 e. The van der Waals surface area contributed by atoms with Crippen molar-refractivity contribution in [1.82, 2.24) is 19.4 Å². The molecule has 0 radical (unpaired) electrons. The van der Waals surface area contributed by atoms with Crippen LogP contribution in [0.2, 0.25) is 0 Å². The fourth-order valence-corrected chi connectivity index (χ4v) is 2.83. The van der Waals surface area contributed by atoms with E-state index in [1.165, 1.54) is 24.4 Å². The molecule has 2 rings (SSSR count). The molecule has 0 spiro atoms.